The molecule has 0 radical (unpaired) electrons. The molecule has 0 bridgehead atoms. The highest BCUT2D eigenvalue weighted by atomic mass is 16.7. The summed E-state index contributed by atoms with van der Waals surface area (Å²) in [6.07, 6.45) is -2.03. The zero-order valence-electron chi connectivity index (χ0n) is 16.2. The highest BCUT2D eigenvalue weighted by molar-refractivity contribution is 6.02. The van der Waals surface area contributed by atoms with Crippen molar-refractivity contribution in [3.8, 4) is 0 Å². The van der Waals surface area contributed by atoms with Crippen LogP contribution in [-0.4, -0.2) is 52.9 Å². The van der Waals surface area contributed by atoms with Crippen molar-refractivity contribution in [1.29, 1.82) is 0 Å². The third-order valence-corrected chi connectivity index (χ3v) is 3.89. The molecule has 31 heavy (non-hydrogen) atoms. The lowest BCUT2D eigenvalue weighted by atomic mass is 10.2. The first-order valence-corrected chi connectivity index (χ1v) is 8.77. The number of amides is 4. The molecule has 166 valence electrons. The van der Waals surface area contributed by atoms with Gasteiger partial charge in [0.15, 0.2) is 0 Å². The number of non-ortho nitro benzene ring substituents is 1. The van der Waals surface area contributed by atoms with E-state index in [1.807, 2.05) is 5.48 Å². The molecule has 1 aromatic rings. The molecule has 1 saturated heterocycles. The van der Waals surface area contributed by atoms with Crippen LogP contribution in [0.2, 0.25) is 0 Å². The number of hydrogen-bond donors (Lipinski definition) is 2. The normalized spacial score (nSPS) is 14.0. The number of ether oxygens (including phenoxy) is 1. The van der Waals surface area contributed by atoms with Crippen LogP contribution in [0, 0.1) is 10.1 Å². The van der Waals surface area contributed by atoms with Gasteiger partial charge in [0.1, 0.15) is 12.6 Å². The molecule has 2 rings (SSSR count). The smallest absolute Gasteiger partial charge is 0.408 e. The first kappa shape index (κ1) is 23.2. The summed E-state index contributed by atoms with van der Waals surface area (Å²) in [6, 6.07) is 3.56. The van der Waals surface area contributed by atoms with Gasteiger partial charge in [-0.25, -0.2) is 15.1 Å². The summed E-state index contributed by atoms with van der Waals surface area (Å²) in [6.45, 7) is -0.293. The van der Waals surface area contributed by atoms with E-state index in [9.17, 15) is 34.1 Å². The molecule has 0 aromatic heterocycles. The van der Waals surface area contributed by atoms with E-state index < -0.39 is 47.2 Å². The second-order valence-electron chi connectivity index (χ2n) is 6.12. The predicted octanol–water partition coefficient (Wildman–Crippen LogP) is -0.135. The summed E-state index contributed by atoms with van der Waals surface area (Å²) in [5.41, 5.74) is 2.22. The van der Waals surface area contributed by atoms with Crippen molar-refractivity contribution in [1.82, 2.24) is 15.9 Å². The molecule has 1 aliphatic heterocycles. The number of nitro groups is 1. The summed E-state index contributed by atoms with van der Waals surface area (Å²) >= 11 is 0. The Balaban J connectivity index is 1.98. The second kappa shape index (κ2) is 10.6. The van der Waals surface area contributed by atoms with Gasteiger partial charge in [-0.2, -0.15) is 0 Å². The number of hydroxylamine groups is 3. The quantitative estimate of drug-likeness (QED) is 0.299. The van der Waals surface area contributed by atoms with E-state index in [1.54, 1.807) is 0 Å². The van der Waals surface area contributed by atoms with E-state index in [-0.39, 0.29) is 30.2 Å². The minimum Gasteiger partial charge on any atom is -0.445 e. The van der Waals surface area contributed by atoms with E-state index in [0.29, 0.717) is 5.56 Å². The number of nitro benzene ring substituents is 1. The van der Waals surface area contributed by atoms with Crippen LogP contribution in [0.4, 0.5) is 10.5 Å². The molecule has 1 aliphatic rings. The van der Waals surface area contributed by atoms with Crippen LogP contribution in [0.3, 0.4) is 0 Å². The summed E-state index contributed by atoms with van der Waals surface area (Å²) in [5.74, 6) is -3.53. The van der Waals surface area contributed by atoms with Gasteiger partial charge in [0, 0.05) is 25.0 Å². The standard InChI is InChI=1S/C17H18N4O10/c1-29-19-13(22)8-12(16(25)31-20-14(23)6-7-15(20)24)18-17(26)30-9-10-2-4-11(5-3-10)21(27)28/h2-5,12H,6-9H2,1H3,(H,18,26)(H,19,22)/t12-/m1/s1. The Labute approximate surface area is 174 Å². The van der Waals surface area contributed by atoms with Crippen LogP contribution < -0.4 is 10.8 Å². The highest BCUT2D eigenvalue weighted by Gasteiger charge is 2.36. The number of rotatable bonds is 9. The first-order chi connectivity index (χ1) is 14.7. The van der Waals surface area contributed by atoms with Gasteiger partial charge in [-0.15, -0.1) is 5.06 Å². The van der Waals surface area contributed by atoms with Gasteiger partial charge in [0.2, 0.25) is 5.91 Å². The number of imide groups is 1. The lowest BCUT2D eigenvalue weighted by molar-refractivity contribution is -0.384. The SMILES string of the molecule is CONC(=O)C[C@@H](NC(=O)OCc1ccc([N+](=O)[O-])cc1)C(=O)ON1C(=O)CCC1=O. The monoisotopic (exact) mass is 438 g/mol. The Kier molecular flexibility index (Phi) is 7.96. The van der Waals surface area contributed by atoms with E-state index in [0.717, 1.165) is 7.11 Å². The van der Waals surface area contributed by atoms with Gasteiger partial charge >= 0.3 is 12.1 Å². The average Bonchev–Trinajstić information content (AvgIpc) is 3.04. The highest BCUT2D eigenvalue weighted by Crippen LogP contribution is 2.14. The predicted molar refractivity (Wildman–Crippen MR) is 97.2 cm³/mol. The molecule has 0 unspecified atom stereocenters. The van der Waals surface area contributed by atoms with Crippen molar-refractivity contribution in [2.75, 3.05) is 7.11 Å². The molecule has 0 aliphatic carbocycles. The van der Waals surface area contributed by atoms with E-state index >= 15 is 0 Å². The van der Waals surface area contributed by atoms with Crippen molar-refractivity contribution in [2.45, 2.75) is 31.9 Å². The van der Waals surface area contributed by atoms with Gasteiger partial charge in [-0.05, 0) is 17.7 Å². The summed E-state index contributed by atoms with van der Waals surface area (Å²) in [7, 11) is 1.15. The molecule has 4 amide bonds. The number of hydrogen-bond acceptors (Lipinski definition) is 10. The maximum atomic E-state index is 12.3. The van der Waals surface area contributed by atoms with Gasteiger partial charge in [0.05, 0.1) is 18.5 Å². The molecule has 14 heteroatoms. The molecule has 0 spiro atoms. The van der Waals surface area contributed by atoms with E-state index in [4.69, 9.17) is 9.57 Å². The van der Waals surface area contributed by atoms with Gasteiger partial charge < -0.3 is 14.9 Å². The van der Waals surface area contributed by atoms with Crippen LogP contribution in [0.5, 0.6) is 0 Å². The summed E-state index contributed by atoms with van der Waals surface area (Å²) < 4.78 is 4.92. The number of nitrogens with zero attached hydrogens (tertiary/aromatic N) is 2. The number of alkyl carbamates (subject to hydrolysis) is 1. The molecular formula is C17H18N4O10. The summed E-state index contributed by atoms with van der Waals surface area (Å²) in [4.78, 5) is 78.5. The van der Waals surface area contributed by atoms with Crippen molar-refractivity contribution in [3.05, 3.63) is 39.9 Å². The Morgan fingerprint density at radius 3 is 2.32 bits per heavy atom. The Morgan fingerprint density at radius 1 is 1.16 bits per heavy atom. The lowest BCUT2D eigenvalue weighted by Crippen LogP contribution is -2.47. The molecule has 0 saturated carbocycles. The number of carbonyl (C=O) groups is 5. The average molecular weight is 438 g/mol. The van der Waals surface area contributed by atoms with Crippen molar-refractivity contribution >= 4 is 35.5 Å². The van der Waals surface area contributed by atoms with Crippen LogP contribution >= 0.6 is 0 Å². The Hall–Kier alpha value is -4.07. The molecular weight excluding hydrogens is 420 g/mol. The molecule has 1 heterocycles. The van der Waals surface area contributed by atoms with Crippen LogP contribution in [0.15, 0.2) is 24.3 Å². The van der Waals surface area contributed by atoms with Crippen molar-refractivity contribution in [2.24, 2.45) is 0 Å². The Bertz CT molecular complexity index is 869. The molecule has 1 atom stereocenters. The van der Waals surface area contributed by atoms with Gasteiger partial charge in [-0.1, -0.05) is 0 Å². The van der Waals surface area contributed by atoms with Gasteiger partial charge in [0.25, 0.3) is 17.5 Å². The Morgan fingerprint density at radius 2 is 1.77 bits per heavy atom. The fourth-order valence-corrected chi connectivity index (χ4v) is 2.39. The number of nitrogens with one attached hydrogen (secondary N) is 2. The van der Waals surface area contributed by atoms with Crippen LogP contribution in [-0.2, 0) is 40.2 Å². The molecule has 1 fully saturated rings. The number of benzene rings is 1. The maximum absolute atomic E-state index is 12.3. The topological polar surface area (TPSA) is 183 Å². The van der Waals surface area contributed by atoms with Gasteiger partial charge in [-0.3, -0.25) is 29.3 Å². The van der Waals surface area contributed by atoms with Crippen molar-refractivity contribution in [3.63, 3.8) is 0 Å². The zero-order chi connectivity index (χ0) is 23.0. The number of carbonyl (C=O) groups excluding carboxylic acids is 5. The minimum atomic E-state index is -1.61. The molecule has 1 aromatic carbocycles. The van der Waals surface area contributed by atoms with Crippen molar-refractivity contribution < 1.29 is 43.3 Å². The lowest BCUT2D eigenvalue weighted by Gasteiger charge is -2.19. The van der Waals surface area contributed by atoms with E-state index in [2.05, 4.69) is 10.2 Å². The minimum absolute atomic E-state index is 0.133. The maximum Gasteiger partial charge on any atom is 0.408 e. The van der Waals surface area contributed by atoms with Crippen LogP contribution in [0.1, 0.15) is 24.8 Å². The third kappa shape index (κ3) is 6.74. The largest absolute Gasteiger partial charge is 0.445 e. The third-order valence-electron chi connectivity index (χ3n) is 3.89. The second-order valence-corrected chi connectivity index (χ2v) is 6.12. The summed E-state index contributed by atoms with van der Waals surface area (Å²) in [5, 5.41) is 13.0. The fourth-order valence-electron chi connectivity index (χ4n) is 2.39. The first-order valence-electron chi connectivity index (χ1n) is 8.77. The molecule has 2 N–H and O–H groups in total. The fraction of sp³-hybridized carbons (Fsp3) is 0.353. The van der Waals surface area contributed by atoms with Crippen LogP contribution in [0.25, 0.3) is 0 Å². The van der Waals surface area contributed by atoms with E-state index in [1.165, 1.54) is 24.3 Å². The molecule has 14 nitrogen and oxygen atoms in total. The zero-order valence-corrected chi connectivity index (χ0v) is 16.2.